The fourth-order valence-electron chi connectivity index (χ4n) is 3.99. The van der Waals surface area contributed by atoms with Gasteiger partial charge in [-0.05, 0) is 29.0 Å². The van der Waals surface area contributed by atoms with Crippen molar-refractivity contribution in [2.75, 3.05) is 0 Å². The third kappa shape index (κ3) is 4.04. The summed E-state index contributed by atoms with van der Waals surface area (Å²) in [4.78, 5) is 0. The zero-order valence-corrected chi connectivity index (χ0v) is 17.0. The third-order valence-corrected chi connectivity index (χ3v) is 5.56. The molecule has 2 unspecified atom stereocenters. The number of hydrogen-bond acceptors (Lipinski definition) is 2. The molecule has 0 saturated heterocycles. The summed E-state index contributed by atoms with van der Waals surface area (Å²) < 4.78 is 0. The second-order valence-electron chi connectivity index (χ2n) is 7.74. The highest BCUT2D eigenvalue weighted by Gasteiger charge is 2.39. The molecule has 3 aromatic rings. The van der Waals surface area contributed by atoms with E-state index < -0.39 is 11.6 Å². The molecule has 28 heavy (non-hydrogen) atoms. The van der Waals surface area contributed by atoms with Gasteiger partial charge in [0.25, 0.3) is 0 Å². The first-order chi connectivity index (χ1) is 13.6. The van der Waals surface area contributed by atoms with Gasteiger partial charge in [-0.25, -0.2) is 0 Å². The van der Waals surface area contributed by atoms with E-state index >= 15 is 0 Å². The van der Waals surface area contributed by atoms with Crippen LogP contribution < -0.4 is 5.32 Å². The van der Waals surface area contributed by atoms with Gasteiger partial charge in [0.2, 0.25) is 0 Å². The maximum atomic E-state index is 10.9. The molecule has 0 fully saturated rings. The van der Waals surface area contributed by atoms with E-state index in [1.54, 1.807) is 0 Å². The fourth-order valence-corrected chi connectivity index (χ4v) is 3.99. The zero-order valence-electron chi connectivity index (χ0n) is 17.0. The fraction of sp³-hybridized carbons (Fsp3) is 0.308. The minimum atomic E-state index is -0.541. The number of aliphatic hydroxyl groups excluding tert-OH is 1. The standard InChI is InChI=1S/C26H31NO/c1-4-24(25(28)20(2)3)27-26(21-14-8-5-9-15-21,22-16-10-6-11-17-22)23-18-12-7-13-19-23/h5-20,24-25,27-28H,4H2,1-3H3. The van der Waals surface area contributed by atoms with E-state index in [2.05, 4.69) is 98.9 Å². The van der Waals surface area contributed by atoms with Gasteiger partial charge in [0.15, 0.2) is 0 Å². The van der Waals surface area contributed by atoms with Gasteiger partial charge in [0.1, 0.15) is 0 Å². The van der Waals surface area contributed by atoms with Crippen molar-refractivity contribution < 1.29 is 5.11 Å². The molecule has 2 N–H and O–H groups in total. The first kappa shape index (κ1) is 20.3. The lowest BCUT2D eigenvalue weighted by atomic mass is 9.75. The normalized spacial score (nSPS) is 14.0. The lowest BCUT2D eigenvalue weighted by Gasteiger charge is -2.42. The van der Waals surface area contributed by atoms with E-state index in [4.69, 9.17) is 0 Å². The number of rotatable bonds is 8. The summed E-state index contributed by atoms with van der Waals surface area (Å²) in [6.45, 7) is 6.28. The molecule has 146 valence electrons. The SMILES string of the molecule is CCC(NC(c1ccccc1)(c1ccccc1)c1ccccc1)C(O)C(C)C. The van der Waals surface area contributed by atoms with Gasteiger partial charge >= 0.3 is 0 Å². The van der Waals surface area contributed by atoms with E-state index in [0.29, 0.717) is 0 Å². The molecule has 0 bridgehead atoms. The molecule has 0 spiro atoms. The minimum absolute atomic E-state index is 0.0411. The van der Waals surface area contributed by atoms with Crippen molar-refractivity contribution in [3.8, 4) is 0 Å². The van der Waals surface area contributed by atoms with Crippen LogP contribution >= 0.6 is 0 Å². The monoisotopic (exact) mass is 373 g/mol. The molecule has 0 aliphatic rings. The van der Waals surface area contributed by atoms with Crippen molar-refractivity contribution >= 4 is 0 Å². The molecule has 2 atom stereocenters. The second-order valence-corrected chi connectivity index (χ2v) is 7.74. The Labute approximate surface area is 169 Å². The molecule has 3 aromatic carbocycles. The van der Waals surface area contributed by atoms with Crippen molar-refractivity contribution in [1.82, 2.24) is 5.32 Å². The zero-order chi connectivity index (χ0) is 20.0. The maximum Gasteiger partial charge on any atom is 0.0950 e. The summed E-state index contributed by atoms with van der Waals surface area (Å²) in [5, 5.41) is 14.8. The highest BCUT2D eigenvalue weighted by atomic mass is 16.3. The number of aliphatic hydroxyl groups is 1. The van der Waals surface area contributed by atoms with Crippen molar-refractivity contribution in [3.05, 3.63) is 108 Å². The van der Waals surface area contributed by atoms with Gasteiger partial charge in [0, 0.05) is 6.04 Å². The van der Waals surface area contributed by atoms with Crippen LogP contribution in [0.3, 0.4) is 0 Å². The van der Waals surface area contributed by atoms with Crippen LogP contribution in [-0.4, -0.2) is 17.3 Å². The summed E-state index contributed by atoms with van der Waals surface area (Å²) in [7, 11) is 0. The van der Waals surface area contributed by atoms with Crippen LogP contribution in [0.4, 0.5) is 0 Å². The first-order valence-corrected chi connectivity index (χ1v) is 10.2. The summed E-state index contributed by atoms with van der Waals surface area (Å²) in [5.74, 6) is 0.178. The average molecular weight is 374 g/mol. The summed E-state index contributed by atoms with van der Waals surface area (Å²) in [5.41, 5.74) is 2.96. The van der Waals surface area contributed by atoms with Crippen LogP contribution in [0.2, 0.25) is 0 Å². The van der Waals surface area contributed by atoms with Crippen molar-refractivity contribution in [2.45, 2.75) is 44.9 Å². The molecule has 2 heteroatoms. The Morgan fingerprint density at radius 3 is 1.36 bits per heavy atom. The Hall–Kier alpha value is -2.42. The largest absolute Gasteiger partial charge is 0.391 e. The lowest BCUT2D eigenvalue weighted by Crippen LogP contribution is -2.54. The van der Waals surface area contributed by atoms with Crippen LogP contribution in [0.1, 0.15) is 43.9 Å². The van der Waals surface area contributed by atoms with E-state index in [-0.39, 0.29) is 12.0 Å². The van der Waals surface area contributed by atoms with Gasteiger partial charge < -0.3 is 5.11 Å². The van der Waals surface area contributed by atoms with Crippen molar-refractivity contribution in [2.24, 2.45) is 5.92 Å². The number of hydrogen-bond donors (Lipinski definition) is 2. The molecule has 3 rings (SSSR count). The molecule has 0 heterocycles. The quantitative estimate of drug-likeness (QED) is 0.521. The average Bonchev–Trinajstić information content (AvgIpc) is 2.76. The van der Waals surface area contributed by atoms with Gasteiger partial charge in [0.05, 0.1) is 11.6 Å². The van der Waals surface area contributed by atoms with E-state index in [9.17, 15) is 5.11 Å². The number of benzene rings is 3. The predicted molar refractivity (Wildman–Crippen MR) is 117 cm³/mol. The second kappa shape index (κ2) is 9.18. The van der Waals surface area contributed by atoms with Gasteiger partial charge in [-0.3, -0.25) is 5.32 Å². The highest BCUT2D eigenvalue weighted by Crippen LogP contribution is 2.38. The minimum Gasteiger partial charge on any atom is -0.391 e. The molecular weight excluding hydrogens is 342 g/mol. The van der Waals surface area contributed by atoms with Gasteiger partial charge in [-0.2, -0.15) is 0 Å². The van der Waals surface area contributed by atoms with E-state index in [0.717, 1.165) is 6.42 Å². The Kier molecular flexibility index (Phi) is 6.66. The van der Waals surface area contributed by atoms with Gasteiger partial charge in [-0.15, -0.1) is 0 Å². The Bertz CT molecular complexity index is 733. The van der Waals surface area contributed by atoms with Gasteiger partial charge in [-0.1, -0.05) is 112 Å². The first-order valence-electron chi connectivity index (χ1n) is 10.2. The van der Waals surface area contributed by atoms with Crippen molar-refractivity contribution in [3.63, 3.8) is 0 Å². The lowest BCUT2D eigenvalue weighted by molar-refractivity contribution is 0.0723. The summed E-state index contributed by atoms with van der Waals surface area (Å²) in [6.07, 6.45) is 0.411. The topological polar surface area (TPSA) is 32.3 Å². The van der Waals surface area contributed by atoms with Crippen molar-refractivity contribution in [1.29, 1.82) is 0 Å². The maximum absolute atomic E-state index is 10.9. The smallest absolute Gasteiger partial charge is 0.0950 e. The third-order valence-electron chi connectivity index (χ3n) is 5.56. The van der Waals surface area contributed by atoms with Crippen LogP contribution in [0.15, 0.2) is 91.0 Å². The van der Waals surface area contributed by atoms with Crippen LogP contribution in [0, 0.1) is 5.92 Å². The Morgan fingerprint density at radius 1 is 0.714 bits per heavy atom. The van der Waals surface area contributed by atoms with E-state index in [1.807, 2.05) is 18.2 Å². The molecule has 0 radical (unpaired) electrons. The van der Waals surface area contributed by atoms with Crippen LogP contribution in [0.25, 0.3) is 0 Å². The van der Waals surface area contributed by atoms with Crippen LogP contribution in [0.5, 0.6) is 0 Å². The molecule has 2 nitrogen and oxygen atoms in total. The van der Waals surface area contributed by atoms with E-state index in [1.165, 1.54) is 16.7 Å². The summed E-state index contributed by atoms with van der Waals surface area (Å²) >= 11 is 0. The van der Waals surface area contributed by atoms with Crippen LogP contribution in [-0.2, 0) is 5.54 Å². The summed E-state index contributed by atoms with van der Waals surface area (Å²) in [6, 6.07) is 31.6. The Morgan fingerprint density at radius 2 is 1.07 bits per heavy atom. The molecule has 0 amide bonds. The predicted octanol–water partition coefficient (Wildman–Crippen LogP) is 5.36. The number of nitrogens with one attached hydrogen (secondary N) is 1. The highest BCUT2D eigenvalue weighted by molar-refractivity contribution is 5.49. The molecular formula is C26H31NO. The molecule has 0 aliphatic carbocycles. The Balaban J connectivity index is 2.25. The molecule has 0 aromatic heterocycles. The molecule has 0 saturated carbocycles. The molecule has 0 aliphatic heterocycles.